The minimum absolute atomic E-state index is 0.318. The molecule has 27 heavy (non-hydrogen) atoms. The van der Waals surface area contributed by atoms with Gasteiger partial charge in [-0.1, -0.05) is 55.3 Å². The molecule has 2 aromatic rings. The molecule has 138 valence electrons. The van der Waals surface area contributed by atoms with Gasteiger partial charge in [0.2, 0.25) is 0 Å². The third kappa shape index (κ3) is 3.30. The van der Waals surface area contributed by atoms with Gasteiger partial charge in [-0.3, -0.25) is 9.69 Å². The molecule has 1 spiro atoms. The molecule has 0 atom stereocenters. The van der Waals surface area contributed by atoms with E-state index in [4.69, 9.17) is 4.74 Å². The van der Waals surface area contributed by atoms with Gasteiger partial charge in [0.25, 0.3) is 5.91 Å². The molecular weight excluding hydrogens is 344 g/mol. The van der Waals surface area contributed by atoms with Crippen molar-refractivity contribution >= 4 is 17.9 Å². The van der Waals surface area contributed by atoms with Gasteiger partial charge in [-0.2, -0.15) is 0 Å². The van der Waals surface area contributed by atoms with Crippen LogP contribution < -0.4 is 10.1 Å². The normalized spacial score (nSPS) is 18.0. The van der Waals surface area contributed by atoms with Crippen LogP contribution in [-0.4, -0.2) is 34.9 Å². The number of urea groups is 1. The first-order chi connectivity index (χ1) is 13.1. The van der Waals surface area contributed by atoms with Gasteiger partial charge in [-0.15, -0.1) is 0 Å². The zero-order valence-electron chi connectivity index (χ0n) is 14.8. The van der Waals surface area contributed by atoms with Gasteiger partial charge >= 0.3 is 12.0 Å². The maximum atomic E-state index is 12.6. The molecular formula is C21H20N2O4. The van der Waals surface area contributed by atoms with Crippen LogP contribution in [0.15, 0.2) is 54.6 Å². The molecule has 0 bridgehead atoms. The second-order valence-electron chi connectivity index (χ2n) is 6.98. The number of carbonyl (C=O) groups excluding carboxylic acids is 3. The number of benzene rings is 2. The number of hydrogen-bond acceptors (Lipinski definition) is 4. The lowest BCUT2D eigenvalue weighted by atomic mass is 9.98. The highest BCUT2D eigenvalue weighted by molar-refractivity contribution is 6.08. The van der Waals surface area contributed by atoms with Crippen LogP contribution in [0.25, 0.3) is 11.1 Å². The summed E-state index contributed by atoms with van der Waals surface area (Å²) < 4.78 is 5.30. The number of nitrogens with zero attached hydrogens (tertiary/aromatic N) is 1. The van der Waals surface area contributed by atoms with Gasteiger partial charge in [0, 0.05) is 0 Å². The summed E-state index contributed by atoms with van der Waals surface area (Å²) in [6.45, 7) is -0.382. The van der Waals surface area contributed by atoms with Crippen LogP contribution >= 0.6 is 0 Å². The lowest BCUT2D eigenvalue weighted by Crippen LogP contribution is -2.44. The first-order valence-corrected chi connectivity index (χ1v) is 9.08. The molecule has 1 aliphatic carbocycles. The summed E-state index contributed by atoms with van der Waals surface area (Å²) in [6, 6.07) is 16.5. The minimum atomic E-state index is -0.811. The lowest BCUT2D eigenvalue weighted by Gasteiger charge is -2.19. The summed E-state index contributed by atoms with van der Waals surface area (Å²) in [5.41, 5.74) is 1.26. The van der Waals surface area contributed by atoms with Crippen molar-refractivity contribution in [3.05, 3.63) is 54.6 Å². The Bertz CT molecular complexity index is 871. The average molecular weight is 364 g/mol. The van der Waals surface area contributed by atoms with Crippen molar-refractivity contribution in [2.24, 2.45) is 0 Å². The number of carbonyl (C=O) groups is 3. The second kappa shape index (κ2) is 6.87. The van der Waals surface area contributed by atoms with E-state index in [1.54, 1.807) is 12.1 Å². The van der Waals surface area contributed by atoms with Crippen molar-refractivity contribution in [1.82, 2.24) is 10.2 Å². The van der Waals surface area contributed by atoms with Crippen LogP contribution in [0, 0.1) is 0 Å². The van der Waals surface area contributed by atoms with Crippen LogP contribution in [0.1, 0.15) is 25.7 Å². The number of esters is 1. The van der Waals surface area contributed by atoms with Gasteiger partial charge in [0.1, 0.15) is 17.8 Å². The van der Waals surface area contributed by atoms with Gasteiger partial charge in [-0.25, -0.2) is 9.59 Å². The molecule has 6 nitrogen and oxygen atoms in total. The molecule has 0 radical (unpaired) electrons. The Morgan fingerprint density at radius 3 is 2.26 bits per heavy atom. The highest BCUT2D eigenvalue weighted by Crippen LogP contribution is 2.35. The molecule has 6 heteroatoms. The summed E-state index contributed by atoms with van der Waals surface area (Å²) in [7, 11) is 0. The Balaban J connectivity index is 1.40. The molecule has 1 saturated carbocycles. The maximum Gasteiger partial charge on any atom is 0.331 e. The molecule has 4 rings (SSSR count). The van der Waals surface area contributed by atoms with Crippen LogP contribution in [0.3, 0.4) is 0 Å². The molecule has 1 N–H and O–H groups in total. The SMILES string of the molecule is O=C(CN1C(=O)NC2(CCCC2)C1=O)Oc1ccc(-c2ccccc2)cc1. The predicted octanol–water partition coefficient (Wildman–Crippen LogP) is 3.12. The van der Waals surface area contributed by atoms with Gasteiger partial charge < -0.3 is 10.1 Å². The molecule has 2 aromatic carbocycles. The molecule has 1 heterocycles. The molecule has 1 aliphatic heterocycles. The standard InChI is InChI=1S/C21H20N2O4/c24-18(14-23-19(25)21(22-20(23)26)12-4-5-13-21)27-17-10-8-16(9-11-17)15-6-2-1-3-7-15/h1-3,6-11H,4-5,12-14H2,(H,22,26). The largest absolute Gasteiger partial charge is 0.425 e. The van der Waals surface area contributed by atoms with Crippen LogP contribution in [0.4, 0.5) is 4.79 Å². The van der Waals surface area contributed by atoms with Gasteiger partial charge in [-0.05, 0) is 36.1 Å². The first kappa shape index (κ1) is 17.3. The molecule has 0 aromatic heterocycles. The highest BCUT2D eigenvalue weighted by Gasteiger charge is 2.52. The number of ether oxygens (including phenoxy) is 1. The van der Waals surface area contributed by atoms with Crippen LogP contribution in [0.5, 0.6) is 5.75 Å². The second-order valence-corrected chi connectivity index (χ2v) is 6.98. The van der Waals surface area contributed by atoms with E-state index in [0.717, 1.165) is 28.9 Å². The lowest BCUT2D eigenvalue weighted by molar-refractivity contribution is -0.140. The number of rotatable bonds is 4. The Hall–Kier alpha value is -3.15. The molecule has 2 fully saturated rings. The number of hydrogen-bond donors (Lipinski definition) is 1. The Kier molecular flexibility index (Phi) is 4.39. The Morgan fingerprint density at radius 1 is 0.963 bits per heavy atom. The van der Waals surface area contributed by atoms with E-state index in [2.05, 4.69) is 5.32 Å². The van der Waals surface area contributed by atoms with E-state index in [0.29, 0.717) is 18.6 Å². The van der Waals surface area contributed by atoms with Crippen molar-refractivity contribution in [3.63, 3.8) is 0 Å². The van der Waals surface area contributed by atoms with E-state index in [1.807, 2.05) is 42.5 Å². The smallest absolute Gasteiger partial charge is 0.331 e. The van der Waals surface area contributed by atoms with Gasteiger partial charge in [0.15, 0.2) is 0 Å². The number of imide groups is 1. The molecule has 0 unspecified atom stereocenters. The number of nitrogens with one attached hydrogen (secondary N) is 1. The first-order valence-electron chi connectivity index (χ1n) is 9.08. The summed E-state index contributed by atoms with van der Waals surface area (Å²) >= 11 is 0. The minimum Gasteiger partial charge on any atom is -0.425 e. The fourth-order valence-corrected chi connectivity index (χ4v) is 3.78. The summed E-state index contributed by atoms with van der Waals surface area (Å²) in [5, 5.41) is 2.75. The van der Waals surface area contributed by atoms with E-state index in [-0.39, 0.29) is 12.5 Å². The molecule has 1 saturated heterocycles. The van der Waals surface area contributed by atoms with Crippen molar-refractivity contribution in [2.45, 2.75) is 31.2 Å². The van der Waals surface area contributed by atoms with Crippen LogP contribution in [0.2, 0.25) is 0 Å². The highest BCUT2D eigenvalue weighted by atomic mass is 16.5. The monoisotopic (exact) mass is 364 g/mol. The van der Waals surface area contributed by atoms with Crippen molar-refractivity contribution in [2.75, 3.05) is 6.54 Å². The fourth-order valence-electron chi connectivity index (χ4n) is 3.78. The maximum absolute atomic E-state index is 12.6. The Labute approximate surface area is 157 Å². The van der Waals surface area contributed by atoms with Crippen LogP contribution in [-0.2, 0) is 9.59 Å². The van der Waals surface area contributed by atoms with Crippen molar-refractivity contribution in [1.29, 1.82) is 0 Å². The summed E-state index contributed by atoms with van der Waals surface area (Å²) in [5.74, 6) is -0.579. The molecule has 2 aliphatic rings. The van der Waals surface area contributed by atoms with E-state index in [1.165, 1.54) is 0 Å². The third-order valence-electron chi connectivity index (χ3n) is 5.18. The Morgan fingerprint density at radius 2 is 1.59 bits per heavy atom. The van der Waals surface area contributed by atoms with E-state index in [9.17, 15) is 14.4 Å². The summed E-state index contributed by atoms with van der Waals surface area (Å²) in [6.07, 6.45) is 3.06. The zero-order chi connectivity index (χ0) is 18.9. The van der Waals surface area contributed by atoms with Crippen molar-refractivity contribution < 1.29 is 19.1 Å². The summed E-state index contributed by atoms with van der Waals surface area (Å²) in [4.78, 5) is 37.9. The van der Waals surface area contributed by atoms with E-state index < -0.39 is 17.5 Å². The van der Waals surface area contributed by atoms with E-state index >= 15 is 0 Å². The quantitative estimate of drug-likeness (QED) is 0.514. The topological polar surface area (TPSA) is 75.7 Å². The predicted molar refractivity (Wildman–Crippen MR) is 99.0 cm³/mol. The third-order valence-corrected chi connectivity index (χ3v) is 5.18. The average Bonchev–Trinajstić information content (AvgIpc) is 3.24. The zero-order valence-corrected chi connectivity index (χ0v) is 14.8. The molecule has 3 amide bonds. The van der Waals surface area contributed by atoms with Gasteiger partial charge in [0.05, 0.1) is 0 Å². The fraction of sp³-hybridized carbons (Fsp3) is 0.286. The van der Waals surface area contributed by atoms with Crippen molar-refractivity contribution in [3.8, 4) is 16.9 Å². The number of amides is 3.